The summed E-state index contributed by atoms with van der Waals surface area (Å²) in [6.45, 7) is 2.26. The van der Waals surface area contributed by atoms with Crippen molar-refractivity contribution in [2.75, 3.05) is 0 Å². The van der Waals surface area contributed by atoms with Crippen LogP contribution in [0, 0.1) is 0 Å². The standard InChI is InChI=1S/C38H37BN2Si/c1-2-16-31-17-15-26-36(29-31)42(34-22-11-5-12-23-34,35-24-13-6-14-25-35)30-41-28-27-40-38(41)39-37(32-18-7-3-8-19-32)33-20-9-4-10-21-33/h3-15,17-29,37,39H,2,16,30H2,1H3. The van der Waals surface area contributed by atoms with Crippen molar-refractivity contribution < 1.29 is 0 Å². The van der Waals surface area contributed by atoms with E-state index in [-0.39, 0.29) is 5.82 Å². The Morgan fingerprint density at radius 1 is 0.643 bits per heavy atom. The summed E-state index contributed by atoms with van der Waals surface area (Å²) in [6, 6.07) is 53.6. The second-order valence-electron chi connectivity index (χ2n) is 11.1. The van der Waals surface area contributed by atoms with Crippen LogP contribution in [0.3, 0.4) is 0 Å². The van der Waals surface area contributed by atoms with Crippen molar-refractivity contribution >= 4 is 36.6 Å². The summed E-state index contributed by atoms with van der Waals surface area (Å²) in [6.07, 6.45) is 7.31. The number of aromatic nitrogens is 2. The summed E-state index contributed by atoms with van der Waals surface area (Å²) in [5, 5.41) is 4.30. The first-order valence-corrected chi connectivity index (χ1v) is 17.3. The average molecular weight is 561 g/mol. The van der Waals surface area contributed by atoms with E-state index in [1.54, 1.807) is 0 Å². The van der Waals surface area contributed by atoms with E-state index < -0.39 is 8.07 Å². The predicted octanol–water partition coefficient (Wildman–Crippen LogP) is 5.40. The Kier molecular flexibility index (Phi) is 8.62. The lowest BCUT2D eigenvalue weighted by Crippen LogP contribution is -2.70. The maximum Gasteiger partial charge on any atom is 0.217 e. The highest BCUT2D eigenvalue weighted by atomic mass is 28.3. The Labute approximate surface area is 252 Å². The van der Waals surface area contributed by atoms with Gasteiger partial charge in [0.1, 0.15) is 0 Å². The fraction of sp³-hybridized carbons (Fsp3) is 0.132. The number of hydrogen-bond acceptors (Lipinski definition) is 1. The number of nitrogens with zero attached hydrogens (tertiary/aromatic N) is 2. The van der Waals surface area contributed by atoms with Crippen LogP contribution < -0.4 is 21.3 Å². The van der Waals surface area contributed by atoms with Crippen molar-refractivity contribution in [1.29, 1.82) is 0 Å². The van der Waals surface area contributed by atoms with Gasteiger partial charge in [-0.1, -0.05) is 159 Å². The minimum Gasteiger partial charge on any atom is -0.345 e. The van der Waals surface area contributed by atoms with Crippen LogP contribution in [-0.2, 0) is 12.6 Å². The Hall–Kier alpha value is -4.41. The van der Waals surface area contributed by atoms with Gasteiger partial charge >= 0.3 is 0 Å². The van der Waals surface area contributed by atoms with Gasteiger partial charge in [0, 0.05) is 18.6 Å². The second-order valence-corrected chi connectivity index (χ2v) is 15.0. The van der Waals surface area contributed by atoms with Gasteiger partial charge in [0.2, 0.25) is 7.28 Å². The van der Waals surface area contributed by atoms with Gasteiger partial charge in [-0.3, -0.25) is 4.98 Å². The Morgan fingerprint density at radius 2 is 1.17 bits per heavy atom. The van der Waals surface area contributed by atoms with Crippen molar-refractivity contribution in [3.63, 3.8) is 0 Å². The van der Waals surface area contributed by atoms with Crippen LogP contribution in [-0.4, -0.2) is 24.9 Å². The SMILES string of the molecule is CCCc1cccc([Si](Cn2ccnc2BC(c2ccccc2)c2ccccc2)(c2ccccc2)c2ccccc2)c1. The molecule has 0 fully saturated rings. The molecule has 0 aliphatic rings. The molecule has 42 heavy (non-hydrogen) atoms. The van der Waals surface area contributed by atoms with Crippen LogP contribution in [0.4, 0.5) is 0 Å². The lowest BCUT2D eigenvalue weighted by molar-refractivity contribution is 0.889. The topological polar surface area (TPSA) is 17.8 Å². The van der Waals surface area contributed by atoms with Gasteiger partial charge in [0.25, 0.3) is 0 Å². The molecule has 1 heterocycles. The second kappa shape index (κ2) is 13.1. The van der Waals surface area contributed by atoms with E-state index >= 15 is 0 Å². The molecular formula is C38H37BN2Si. The van der Waals surface area contributed by atoms with Crippen LogP contribution in [0.25, 0.3) is 0 Å². The molecule has 0 bridgehead atoms. The molecule has 6 rings (SSSR count). The fourth-order valence-corrected chi connectivity index (χ4v) is 11.1. The Bertz CT molecular complexity index is 1610. The van der Waals surface area contributed by atoms with E-state index in [4.69, 9.17) is 4.98 Å². The minimum absolute atomic E-state index is 0.228. The molecule has 4 heteroatoms. The summed E-state index contributed by atoms with van der Waals surface area (Å²) >= 11 is 0. The van der Waals surface area contributed by atoms with E-state index in [9.17, 15) is 0 Å². The highest BCUT2D eigenvalue weighted by Crippen LogP contribution is 2.23. The molecule has 0 spiro atoms. The largest absolute Gasteiger partial charge is 0.345 e. The molecule has 206 valence electrons. The highest BCUT2D eigenvalue weighted by Gasteiger charge is 2.40. The van der Waals surface area contributed by atoms with Crippen LogP contribution in [0.1, 0.15) is 35.9 Å². The average Bonchev–Trinajstić information content (AvgIpc) is 3.50. The molecule has 2 nitrogen and oxygen atoms in total. The molecule has 0 aliphatic carbocycles. The summed E-state index contributed by atoms with van der Waals surface area (Å²) in [4.78, 5) is 5.00. The van der Waals surface area contributed by atoms with Crippen LogP contribution in [0.5, 0.6) is 0 Å². The fourth-order valence-electron chi connectivity index (χ4n) is 6.41. The van der Waals surface area contributed by atoms with Gasteiger partial charge in [-0.05, 0) is 44.5 Å². The van der Waals surface area contributed by atoms with E-state index in [1.807, 2.05) is 6.20 Å². The van der Waals surface area contributed by atoms with Crippen LogP contribution in [0.2, 0.25) is 0 Å². The molecule has 1 aromatic heterocycles. The van der Waals surface area contributed by atoms with Gasteiger partial charge in [0.05, 0.1) is 5.72 Å². The Morgan fingerprint density at radius 3 is 1.71 bits per heavy atom. The molecule has 0 aliphatic heterocycles. The molecule has 0 saturated heterocycles. The normalized spacial score (nSPS) is 11.5. The molecule has 0 amide bonds. The first-order chi connectivity index (χ1) is 20.8. The van der Waals surface area contributed by atoms with E-state index in [1.165, 1.54) is 32.3 Å². The molecule has 6 aromatic rings. The van der Waals surface area contributed by atoms with E-state index in [2.05, 4.69) is 163 Å². The molecule has 0 atom stereocenters. The molecule has 0 saturated carbocycles. The van der Waals surface area contributed by atoms with Crippen molar-refractivity contribution in [2.45, 2.75) is 31.8 Å². The maximum atomic E-state index is 5.00. The summed E-state index contributed by atoms with van der Waals surface area (Å²) < 4.78 is 2.46. The van der Waals surface area contributed by atoms with Crippen molar-refractivity contribution in [2.24, 2.45) is 0 Å². The third kappa shape index (κ3) is 5.81. The van der Waals surface area contributed by atoms with Gasteiger partial charge in [-0.25, -0.2) is 0 Å². The number of hydrogen-bond donors (Lipinski definition) is 0. The number of benzene rings is 5. The monoisotopic (exact) mass is 560 g/mol. The third-order valence-corrected chi connectivity index (χ3v) is 13.2. The number of imidazole rings is 1. The van der Waals surface area contributed by atoms with E-state index in [0.717, 1.165) is 32.0 Å². The molecule has 0 radical (unpaired) electrons. The first-order valence-electron chi connectivity index (χ1n) is 15.1. The molecule has 0 unspecified atom stereocenters. The lowest BCUT2D eigenvalue weighted by atomic mass is 9.58. The van der Waals surface area contributed by atoms with Gasteiger partial charge in [-0.2, -0.15) is 0 Å². The summed E-state index contributed by atoms with van der Waals surface area (Å²) in [5.41, 5.74) is 5.18. The zero-order chi connectivity index (χ0) is 28.6. The maximum absolute atomic E-state index is 5.00. The lowest BCUT2D eigenvalue weighted by Gasteiger charge is -2.35. The quantitative estimate of drug-likeness (QED) is 0.153. The zero-order valence-corrected chi connectivity index (χ0v) is 25.3. The first kappa shape index (κ1) is 27.7. The molecular weight excluding hydrogens is 523 g/mol. The predicted molar refractivity (Wildman–Crippen MR) is 182 cm³/mol. The van der Waals surface area contributed by atoms with Crippen molar-refractivity contribution in [1.82, 2.24) is 9.55 Å². The van der Waals surface area contributed by atoms with Gasteiger partial charge in [-0.15, -0.1) is 0 Å². The molecule has 0 N–H and O–H groups in total. The van der Waals surface area contributed by atoms with Crippen molar-refractivity contribution in [3.05, 3.63) is 175 Å². The Balaban J connectivity index is 1.49. The van der Waals surface area contributed by atoms with Gasteiger partial charge < -0.3 is 4.57 Å². The van der Waals surface area contributed by atoms with Crippen LogP contribution >= 0.6 is 0 Å². The minimum atomic E-state index is -2.51. The van der Waals surface area contributed by atoms with E-state index in [0.29, 0.717) is 0 Å². The number of rotatable bonds is 11. The summed E-state index contributed by atoms with van der Waals surface area (Å²) in [5.74, 6) is 0.228. The smallest absolute Gasteiger partial charge is 0.217 e. The molecule has 5 aromatic carbocycles. The third-order valence-electron chi connectivity index (χ3n) is 8.49. The number of aryl methyl sites for hydroxylation is 1. The zero-order valence-electron chi connectivity index (χ0n) is 24.3. The highest BCUT2D eigenvalue weighted by molar-refractivity contribution is 7.10. The summed E-state index contributed by atoms with van der Waals surface area (Å²) in [7, 11) is -1.67. The van der Waals surface area contributed by atoms with Gasteiger partial charge in [0.15, 0.2) is 8.07 Å². The van der Waals surface area contributed by atoms with Crippen LogP contribution in [0.15, 0.2) is 158 Å². The van der Waals surface area contributed by atoms with Crippen molar-refractivity contribution in [3.8, 4) is 0 Å².